The van der Waals surface area contributed by atoms with Crippen molar-refractivity contribution >= 4 is 5.78 Å². The molecule has 1 rings (SSSR count). The Balaban J connectivity index is 3.60. The lowest BCUT2D eigenvalue weighted by atomic mass is 10.1. The molecule has 0 aliphatic rings. The summed E-state index contributed by atoms with van der Waals surface area (Å²) in [5.41, 5.74) is -1.16. The van der Waals surface area contributed by atoms with Crippen LogP contribution < -0.4 is 0 Å². The fraction of sp³-hybridized carbons (Fsp3) is 0.222. The monoisotopic (exact) mass is 222 g/mol. The first-order valence-electron chi connectivity index (χ1n) is 3.99. The van der Waals surface area contributed by atoms with Crippen LogP contribution in [0, 0.1) is 23.3 Å². The molecular formula is C9H6F4O2. The van der Waals surface area contributed by atoms with Gasteiger partial charge in [-0.3, -0.25) is 4.79 Å². The molecule has 0 atom stereocenters. The van der Waals surface area contributed by atoms with Crippen molar-refractivity contribution in [2.75, 3.05) is 0 Å². The third-order valence-electron chi connectivity index (χ3n) is 1.84. The molecule has 15 heavy (non-hydrogen) atoms. The number of carbonyl (C=O) groups excluding carboxylic acids is 1. The first-order valence-corrected chi connectivity index (χ1v) is 3.99. The molecular weight excluding hydrogens is 216 g/mol. The summed E-state index contributed by atoms with van der Waals surface area (Å²) in [4.78, 5) is 11.0. The van der Waals surface area contributed by atoms with Crippen LogP contribution in [-0.4, -0.2) is 10.9 Å². The van der Waals surface area contributed by atoms with Gasteiger partial charge in [0.2, 0.25) is 11.6 Å². The summed E-state index contributed by atoms with van der Waals surface area (Å²) in [5, 5.41) is 8.94. The molecule has 1 aromatic rings. The molecule has 0 saturated carbocycles. The van der Waals surface area contributed by atoms with E-state index in [0.29, 0.717) is 0 Å². The van der Waals surface area contributed by atoms with E-state index in [1.807, 2.05) is 0 Å². The molecule has 0 aliphatic heterocycles. The SMILES string of the molecule is CCC(=O)c1c(O)c(F)c(F)c(F)c1F. The van der Waals surface area contributed by atoms with Crippen LogP contribution in [0.2, 0.25) is 0 Å². The number of Topliss-reactive ketones (excluding diaryl/α,β-unsaturated/α-hetero) is 1. The van der Waals surface area contributed by atoms with E-state index in [9.17, 15) is 22.4 Å². The molecule has 0 radical (unpaired) electrons. The lowest BCUT2D eigenvalue weighted by molar-refractivity contribution is 0.0978. The van der Waals surface area contributed by atoms with Gasteiger partial charge >= 0.3 is 0 Å². The molecule has 1 N–H and O–H groups in total. The Bertz CT molecular complexity index is 400. The van der Waals surface area contributed by atoms with E-state index in [1.54, 1.807) is 0 Å². The number of hydrogen-bond acceptors (Lipinski definition) is 2. The quantitative estimate of drug-likeness (QED) is 0.361. The van der Waals surface area contributed by atoms with Crippen LogP contribution in [0.5, 0.6) is 5.75 Å². The number of hydrogen-bond donors (Lipinski definition) is 1. The molecule has 0 aromatic heterocycles. The molecule has 0 unspecified atom stereocenters. The average molecular weight is 222 g/mol. The van der Waals surface area contributed by atoms with Gasteiger partial charge in [-0.1, -0.05) is 6.92 Å². The van der Waals surface area contributed by atoms with Crippen LogP contribution in [-0.2, 0) is 0 Å². The molecule has 0 spiro atoms. The summed E-state index contributed by atoms with van der Waals surface area (Å²) in [6.45, 7) is 1.31. The number of aromatic hydroxyl groups is 1. The summed E-state index contributed by atoms with van der Waals surface area (Å²) in [6, 6.07) is 0. The van der Waals surface area contributed by atoms with Crippen molar-refractivity contribution in [1.82, 2.24) is 0 Å². The molecule has 0 saturated heterocycles. The maximum atomic E-state index is 13.0. The fourth-order valence-corrected chi connectivity index (χ4v) is 1.05. The second-order valence-corrected chi connectivity index (χ2v) is 2.76. The van der Waals surface area contributed by atoms with Gasteiger partial charge in [0.05, 0.1) is 0 Å². The first-order chi connectivity index (χ1) is 6.91. The van der Waals surface area contributed by atoms with Crippen molar-refractivity contribution < 1.29 is 27.5 Å². The Hall–Kier alpha value is -1.59. The normalized spacial score (nSPS) is 10.5. The molecule has 82 valence electrons. The number of phenolic OH excluding ortho intramolecular Hbond substituents is 1. The van der Waals surface area contributed by atoms with Crippen LogP contribution in [0.15, 0.2) is 0 Å². The highest BCUT2D eigenvalue weighted by atomic mass is 19.2. The van der Waals surface area contributed by atoms with E-state index in [0.717, 1.165) is 0 Å². The maximum absolute atomic E-state index is 13.0. The van der Waals surface area contributed by atoms with E-state index < -0.39 is 40.4 Å². The molecule has 0 bridgehead atoms. The Morgan fingerprint density at radius 2 is 1.53 bits per heavy atom. The first kappa shape index (κ1) is 11.5. The number of rotatable bonds is 2. The van der Waals surface area contributed by atoms with Crippen LogP contribution in [0.3, 0.4) is 0 Å². The van der Waals surface area contributed by atoms with Gasteiger partial charge in [-0.05, 0) is 0 Å². The molecule has 0 aliphatic carbocycles. The Labute approximate surface area is 82.1 Å². The summed E-state index contributed by atoms with van der Waals surface area (Å²) < 4.78 is 50.9. The molecule has 0 fully saturated rings. The minimum absolute atomic E-state index is 0.269. The van der Waals surface area contributed by atoms with E-state index in [4.69, 9.17) is 5.11 Å². The van der Waals surface area contributed by atoms with Gasteiger partial charge in [-0.25, -0.2) is 13.2 Å². The van der Waals surface area contributed by atoms with E-state index in [2.05, 4.69) is 0 Å². The number of halogens is 4. The second kappa shape index (κ2) is 3.88. The molecule has 6 heteroatoms. The van der Waals surface area contributed by atoms with Gasteiger partial charge in [-0.2, -0.15) is 4.39 Å². The van der Waals surface area contributed by atoms with Crippen molar-refractivity contribution in [3.63, 3.8) is 0 Å². The Morgan fingerprint density at radius 3 is 2.00 bits per heavy atom. The minimum atomic E-state index is -2.14. The highest BCUT2D eigenvalue weighted by Gasteiger charge is 2.28. The van der Waals surface area contributed by atoms with Crippen molar-refractivity contribution in [3.05, 3.63) is 28.8 Å². The Kier molecular flexibility index (Phi) is 2.97. The number of ketones is 1. The number of benzene rings is 1. The van der Waals surface area contributed by atoms with Crippen LogP contribution in [0.25, 0.3) is 0 Å². The smallest absolute Gasteiger partial charge is 0.204 e. The predicted molar refractivity (Wildman–Crippen MR) is 42.6 cm³/mol. The summed E-state index contributed by atoms with van der Waals surface area (Å²) in [6.07, 6.45) is -0.269. The fourth-order valence-electron chi connectivity index (χ4n) is 1.05. The average Bonchev–Trinajstić information content (AvgIpc) is 2.23. The molecule has 2 nitrogen and oxygen atoms in total. The van der Waals surface area contributed by atoms with E-state index >= 15 is 0 Å². The zero-order valence-corrected chi connectivity index (χ0v) is 7.57. The van der Waals surface area contributed by atoms with Crippen LogP contribution in [0.4, 0.5) is 17.6 Å². The Morgan fingerprint density at radius 1 is 1.07 bits per heavy atom. The van der Waals surface area contributed by atoms with Gasteiger partial charge in [0.15, 0.2) is 23.2 Å². The van der Waals surface area contributed by atoms with Crippen LogP contribution >= 0.6 is 0 Å². The van der Waals surface area contributed by atoms with Crippen LogP contribution in [0.1, 0.15) is 23.7 Å². The lowest BCUT2D eigenvalue weighted by Crippen LogP contribution is -2.08. The maximum Gasteiger partial charge on any atom is 0.204 e. The van der Waals surface area contributed by atoms with Crippen molar-refractivity contribution in [3.8, 4) is 5.75 Å². The molecule has 1 aromatic carbocycles. The molecule has 0 amide bonds. The number of phenols is 1. The van der Waals surface area contributed by atoms with Crippen molar-refractivity contribution in [2.24, 2.45) is 0 Å². The summed E-state index contributed by atoms with van der Waals surface area (Å²) in [7, 11) is 0. The third-order valence-corrected chi connectivity index (χ3v) is 1.84. The van der Waals surface area contributed by atoms with Gasteiger partial charge in [0.1, 0.15) is 5.56 Å². The van der Waals surface area contributed by atoms with Crippen molar-refractivity contribution in [2.45, 2.75) is 13.3 Å². The highest BCUT2D eigenvalue weighted by molar-refractivity contribution is 5.98. The zero-order chi connectivity index (χ0) is 11.7. The highest BCUT2D eigenvalue weighted by Crippen LogP contribution is 2.30. The topological polar surface area (TPSA) is 37.3 Å². The minimum Gasteiger partial charge on any atom is -0.504 e. The van der Waals surface area contributed by atoms with Gasteiger partial charge < -0.3 is 5.11 Å². The molecule has 0 heterocycles. The van der Waals surface area contributed by atoms with Gasteiger partial charge in [-0.15, -0.1) is 0 Å². The predicted octanol–water partition coefficient (Wildman–Crippen LogP) is 2.54. The summed E-state index contributed by atoms with van der Waals surface area (Å²) >= 11 is 0. The third kappa shape index (κ3) is 1.67. The van der Waals surface area contributed by atoms with Gasteiger partial charge in [0, 0.05) is 6.42 Å². The van der Waals surface area contributed by atoms with E-state index in [-0.39, 0.29) is 6.42 Å². The van der Waals surface area contributed by atoms with E-state index in [1.165, 1.54) is 6.92 Å². The largest absolute Gasteiger partial charge is 0.504 e. The van der Waals surface area contributed by atoms with Gasteiger partial charge in [0.25, 0.3) is 0 Å². The number of carbonyl (C=O) groups is 1. The second-order valence-electron chi connectivity index (χ2n) is 2.76. The summed E-state index contributed by atoms with van der Waals surface area (Å²) in [5.74, 6) is -10.6. The van der Waals surface area contributed by atoms with Crippen molar-refractivity contribution in [1.29, 1.82) is 0 Å². The zero-order valence-electron chi connectivity index (χ0n) is 7.57. The standard InChI is InChI=1S/C9H6F4O2/c1-2-3(14)4-5(10)6(11)7(12)8(13)9(4)15/h15H,2H2,1H3. The lowest BCUT2D eigenvalue weighted by Gasteiger charge is -2.06.